The van der Waals surface area contributed by atoms with Gasteiger partial charge in [-0.2, -0.15) is 0 Å². The highest BCUT2D eigenvalue weighted by atomic mass is 19.1. The predicted octanol–water partition coefficient (Wildman–Crippen LogP) is 2.12. The first kappa shape index (κ1) is 12.5. The highest BCUT2D eigenvalue weighted by Crippen LogP contribution is 2.26. The third-order valence-corrected chi connectivity index (χ3v) is 3.21. The van der Waals surface area contributed by atoms with Crippen molar-refractivity contribution in [3.8, 4) is 0 Å². The van der Waals surface area contributed by atoms with Crippen molar-refractivity contribution in [1.29, 1.82) is 0 Å². The quantitative estimate of drug-likeness (QED) is 0.839. The van der Waals surface area contributed by atoms with Gasteiger partial charge < -0.3 is 11.1 Å². The number of allylic oxidation sites excluding steroid dienone is 2. The van der Waals surface area contributed by atoms with E-state index in [4.69, 9.17) is 5.73 Å². The van der Waals surface area contributed by atoms with E-state index >= 15 is 0 Å². The maximum Gasteiger partial charge on any atom is 0.255 e. The second kappa shape index (κ2) is 4.38. The van der Waals surface area contributed by atoms with E-state index in [1.165, 1.54) is 18.2 Å². The first-order chi connectivity index (χ1) is 8.41. The Morgan fingerprint density at radius 2 is 2.11 bits per heavy atom. The van der Waals surface area contributed by atoms with Gasteiger partial charge in [0.05, 0.1) is 5.54 Å². The fourth-order valence-electron chi connectivity index (χ4n) is 1.76. The van der Waals surface area contributed by atoms with Crippen LogP contribution in [0.15, 0.2) is 47.7 Å². The number of nitrogens with one attached hydrogen (secondary N) is 1. The van der Waals surface area contributed by atoms with Gasteiger partial charge in [0.1, 0.15) is 5.82 Å². The number of hydrogen-bond acceptors (Lipinski definition) is 2. The summed E-state index contributed by atoms with van der Waals surface area (Å²) in [6.45, 7) is 3.72. The molecular formula is C14H15FN2O. The van der Waals surface area contributed by atoms with Crippen LogP contribution in [-0.2, 0) is 0 Å². The Bertz CT molecular complexity index is 559. The van der Waals surface area contributed by atoms with Crippen LogP contribution in [0.2, 0.25) is 0 Å². The summed E-state index contributed by atoms with van der Waals surface area (Å²) in [4.78, 5) is 12.0. The van der Waals surface area contributed by atoms with Gasteiger partial charge in [-0.3, -0.25) is 4.79 Å². The van der Waals surface area contributed by atoms with Gasteiger partial charge >= 0.3 is 0 Å². The Morgan fingerprint density at radius 1 is 1.39 bits per heavy atom. The van der Waals surface area contributed by atoms with Crippen molar-refractivity contribution in [3.05, 3.63) is 59.1 Å². The van der Waals surface area contributed by atoms with Gasteiger partial charge in [0.2, 0.25) is 0 Å². The van der Waals surface area contributed by atoms with Crippen molar-refractivity contribution >= 4 is 5.91 Å². The summed E-state index contributed by atoms with van der Waals surface area (Å²) in [6, 6.07) is 5.55. The molecule has 0 aromatic heterocycles. The van der Waals surface area contributed by atoms with Crippen molar-refractivity contribution in [3.63, 3.8) is 0 Å². The summed E-state index contributed by atoms with van der Waals surface area (Å²) in [5.74, 6) is -0.798. The van der Waals surface area contributed by atoms with Crippen LogP contribution in [0.5, 0.6) is 0 Å². The van der Waals surface area contributed by atoms with Crippen LogP contribution in [0.4, 0.5) is 4.39 Å². The maximum atomic E-state index is 13.0. The van der Waals surface area contributed by atoms with Gasteiger partial charge in [0.15, 0.2) is 0 Å². The van der Waals surface area contributed by atoms with Crippen LogP contribution in [0.25, 0.3) is 0 Å². The largest absolute Gasteiger partial charge is 0.324 e. The van der Waals surface area contributed by atoms with Gasteiger partial charge in [-0.15, -0.1) is 0 Å². The van der Waals surface area contributed by atoms with E-state index in [1.807, 2.05) is 19.9 Å². The van der Waals surface area contributed by atoms with Crippen molar-refractivity contribution in [2.45, 2.75) is 19.4 Å². The molecule has 18 heavy (non-hydrogen) atoms. The summed E-state index contributed by atoms with van der Waals surface area (Å²) in [6.07, 6.45) is 3.63. The van der Waals surface area contributed by atoms with E-state index in [-0.39, 0.29) is 11.5 Å². The molecule has 94 valence electrons. The van der Waals surface area contributed by atoms with Crippen molar-refractivity contribution in [1.82, 2.24) is 5.32 Å². The monoisotopic (exact) mass is 246 g/mol. The predicted molar refractivity (Wildman–Crippen MR) is 68.3 cm³/mol. The van der Waals surface area contributed by atoms with Gasteiger partial charge in [-0.25, -0.2) is 4.39 Å². The molecule has 2 rings (SSSR count). The van der Waals surface area contributed by atoms with E-state index in [1.54, 1.807) is 12.1 Å². The fourth-order valence-corrected chi connectivity index (χ4v) is 1.76. The van der Waals surface area contributed by atoms with Crippen molar-refractivity contribution < 1.29 is 9.18 Å². The minimum absolute atomic E-state index is 0.274. The molecule has 3 N–H and O–H groups in total. The number of carbonyl (C=O) groups is 1. The highest BCUT2D eigenvalue weighted by Gasteiger charge is 2.30. The lowest BCUT2D eigenvalue weighted by molar-refractivity contribution is 0.0961. The van der Waals surface area contributed by atoms with Crippen LogP contribution in [0, 0.1) is 5.82 Å². The molecule has 3 nitrogen and oxygen atoms in total. The molecule has 1 aromatic rings. The minimum Gasteiger partial charge on any atom is -0.324 e. The standard InChI is InChI=1S/C14H15FN2O/c1-9-6-7-12(14(9,2)16)17-13(18)10-4-3-5-11(15)8-10/h3-8H,16H2,1-2H3,(H,17,18). The van der Waals surface area contributed by atoms with Crippen LogP contribution >= 0.6 is 0 Å². The third-order valence-electron chi connectivity index (χ3n) is 3.21. The molecule has 0 radical (unpaired) electrons. The summed E-state index contributed by atoms with van der Waals surface area (Å²) in [7, 11) is 0. The lowest BCUT2D eigenvalue weighted by Crippen LogP contribution is -2.44. The van der Waals surface area contributed by atoms with Crippen LogP contribution < -0.4 is 11.1 Å². The molecule has 1 aliphatic carbocycles. The zero-order valence-electron chi connectivity index (χ0n) is 10.3. The number of amides is 1. The number of halogens is 1. The first-order valence-electron chi connectivity index (χ1n) is 5.66. The number of benzene rings is 1. The molecule has 0 fully saturated rings. The summed E-state index contributed by atoms with van der Waals surface area (Å²) in [5.41, 5.74) is 7.28. The molecule has 0 spiro atoms. The Morgan fingerprint density at radius 3 is 2.67 bits per heavy atom. The average Bonchev–Trinajstić information content (AvgIpc) is 2.56. The van der Waals surface area contributed by atoms with E-state index in [9.17, 15) is 9.18 Å². The zero-order chi connectivity index (χ0) is 13.3. The summed E-state index contributed by atoms with van der Waals surface area (Å²) in [5, 5.41) is 2.72. The summed E-state index contributed by atoms with van der Waals surface area (Å²) < 4.78 is 13.0. The lowest BCUT2D eigenvalue weighted by atomic mass is 9.95. The Hall–Kier alpha value is -1.94. The van der Waals surface area contributed by atoms with Crippen LogP contribution in [0.3, 0.4) is 0 Å². The van der Waals surface area contributed by atoms with E-state index in [0.717, 1.165) is 5.57 Å². The zero-order valence-corrected chi connectivity index (χ0v) is 10.3. The molecule has 4 heteroatoms. The van der Waals surface area contributed by atoms with E-state index < -0.39 is 11.4 Å². The number of rotatable bonds is 2. The Labute approximate surface area is 105 Å². The molecule has 0 saturated heterocycles. The molecule has 0 bridgehead atoms. The van der Waals surface area contributed by atoms with Gasteiger partial charge in [0.25, 0.3) is 5.91 Å². The highest BCUT2D eigenvalue weighted by molar-refractivity contribution is 5.95. The molecule has 1 unspecified atom stereocenters. The molecule has 1 amide bonds. The Kier molecular flexibility index (Phi) is 3.05. The van der Waals surface area contributed by atoms with E-state index in [2.05, 4.69) is 5.32 Å². The van der Waals surface area contributed by atoms with Crippen LogP contribution in [-0.4, -0.2) is 11.4 Å². The van der Waals surface area contributed by atoms with E-state index in [0.29, 0.717) is 5.70 Å². The minimum atomic E-state index is -0.678. The molecule has 0 aliphatic heterocycles. The topological polar surface area (TPSA) is 55.1 Å². The maximum absolute atomic E-state index is 13.0. The second-order valence-electron chi connectivity index (χ2n) is 4.60. The average molecular weight is 246 g/mol. The molecule has 0 heterocycles. The van der Waals surface area contributed by atoms with Crippen LogP contribution in [0.1, 0.15) is 24.2 Å². The lowest BCUT2D eigenvalue weighted by Gasteiger charge is -2.25. The smallest absolute Gasteiger partial charge is 0.255 e. The third kappa shape index (κ3) is 2.19. The normalized spacial score (nSPS) is 22.4. The number of carbonyl (C=O) groups excluding carboxylic acids is 1. The molecular weight excluding hydrogens is 231 g/mol. The molecule has 0 saturated carbocycles. The first-order valence-corrected chi connectivity index (χ1v) is 5.66. The van der Waals surface area contributed by atoms with Crippen molar-refractivity contribution in [2.75, 3.05) is 0 Å². The van der Waals surface area contributed by atoms with Crippen molar-refractivity contribution in [2.24, 2.45) is 5.73 Å². The van der Waals surface area contributed by atoms with Gasteiger partial charge in [-0.05, 0) is 43.7 Å². The molecule has 1 aromatic carbocycles. The van der Waals surface area contributed by atoms with Gasteiger partial charge in [0, 0.05) is 11.3 Å². The molecule has 1 atom stereocenters. The fraction of sp³-hybridized carbons (Fsp3) is 0.214. The van der Waals surface area contributed by atoms with Gasteiger partial charge in [-0.1, -0.05) is 12.1 Å². The molecule has 1 aliphatic rings. The number of nitrogens with two attached hydrogens (primary N) is 1. The number of hydrogen-bond donors (Lipinski definition) is 2. The SMILES string of the molecule is CC1=CC=C(NC(=O)c2cccc(F)c2)C1(C)N. The second-order valence-corrected chi connectivity index (χ2v) is 4.60. The Balaban J connectivity index is 2.15. The summed E-state index contributed by atoms with van der Waals surface area (Å²) >= 11 is 0.